The van der Waals surface area contributed by atoms with Crippen LogP contribution >= 0.6 is 0 Å². The molecule has 3 aliphatic rings. The number of piperazine rings is 1. The highest BCUT2D eigenvalue weighted by Crippen LogP contribution is 2.42. The maximum absolute atomic E-state index is 14.7. The topological polar surface area (TPSA) is 126 Å². The van der Waals surface area contributed by atoms with Crippen molar-refractivity contribution in [2.75, 3.05) is 43.1 Å². The van der Waals surface area contributed by atoms with Crippen LogP contribution in [0.4, 0.5) is 10.1 Å². The Hall–Kier alpha value is -2.76. The molecule has 1 aliphatic carbocycles. The summed E-state index contributed by atoms with van der Waals surface area (Å²) in [6, 6.07) is 2.59. The van der Waals surface area contributed by atoms with Crippen LogP contribution in [0.3, 0.4) is 0 Å². The summed E-state index contributed by atoms with van der Waals surface area (Å²) in [4.78, 5) is 4.31. The van der Waals surface area contributed by atoms with E-state index in [2.05, 4.69) is 33.7 Å². The minimum atomic E-state index is -2.92. The molecular formula is C25H37FN6O3S. The molecule has 0 aromatic heterocycles. The molecule has 0 spiro atoms. The fourth-order valence-corrected chi connectivity index (χ4v) is 6.55. The maximum Gasteiger partial charge on any atom is 0.167 e. The van der Waals surface area contributed by atoms with Gasteiger partial charge in [0.2, 0.25) is 0 Å². The number of hydrazine groups is 1. The Bertz CT molecular complexity index is 1140. The number of hydrogen-bond donors (Lipinski definition) is 4. The summed E-state index contributed by atoms with van der Waals surface area (Å²) in [6.45, 7) is 12.8. The predicted octanol–water partition coefficient (Wildman–Crippen LogP) is 1.76. The lowest BCUT2D eigenvalue weighted by molar-refractivity contribution is 0.124. The standard InChI is InChI=1S/C25H37FN6O3S/c1-4-29-21(15-24(27)32-10-8-31(9-11-32)18-5-12-36(33,34)16-18)17(2)19-13-23(35-25(3)6-7-25)20(26)14-22(19)30-28/h4,13-15,18,21,29-30H,1-2,5-12,16,27-28H2,3H3/b24-15+/t18?,21-/m1/s1. The molecule has 0 bridgehead atoms. The van der Waals surface area contributed by atoms with E-state index in [0.29, 0.717) is 42.2 Å². The molecular weight excluding hydrogens is 483 g/mol. The number of nitrogen functional groups attached to an aromatic ring is 1. The molecule has 1 aromatic carbocycles. The zero-order valence-corrected chi connectivity index (χ0v) is 21.6. The quantitative estimate of drug-likeness (QED) is 0.270. The van der Waals surface area contributed by atoms with Crippen LogP contribution < -0.4 is 27.1 Å². The van der Waals surface area contributed by atoms with Gasteiger partial charge < -0.3 is 26.1 Å². The van der Waals surface area contributed by atoms with Crippen LogP contribution in [0.25, 0.3) is 5.57 Å². The van der Waals surface area contributed by atoms with E-state index in [1.165, 1.54) is 6.07 Å². The molecule has 2 saturated heterocycles. The monoisotopic (exact) mass is 520 g/mol. The number of anilines is 1. The second-order valence-corrected chi connectivity index (χ2v) is 12.3. The van der Waals surface area contributed by atoms with Gasteiger partial charge in [-0.2, -0.15) is 0 Å². The van der Waals surface area contributed by atoms with Gasteiger partial charge >= 0.3 is 0 Å². The van der Waals surface area contributed by atoms with Crippen molar-refractivity contribution in [3.63, 3.8) is 0 Å². The highest BCUT2D eigenvalue weighted by atomic mass is 32.2. The number of benzene rings is 1. The summed E-state index contributed by atoms with van der Waals surface area (Å²) in [5, 5.41) is 3.16. The van der Waals surface area contributed by atoms with Crippen LogP contribution in [0.15, 0.2) is 43.4 Å². The van der Waals surface area contributed by atoms with Crippen molar-refractivity contribution in [3.8, 4) is 5.75 Å². The van der Waals surface area contributed by atoms with E-state index < -0.39 is 21.7 Å². The molecule has 0 amide bonds. The molecule has 198 valence electrons. The van der Waals surface area contributed by atoms with Gasteiger partial charge in [0.05, 0.1) is 29.1 Å². The van der Waals surface area contributed by atoms with E-state index in [-0.39, 0.29) is 28.9 Å². The zero-order valence-electron chi connectivity index (χ0n) is 20.8. The van der Waals surface area contributed by atoms with E-state index >= 15 is 0 Å². The Morgan fingerprint density at radius 3 is 2.56 bits per heavy atom. The number of sulfone groups is 1. The van der Waals surface area contributed by atoms with Gasteiger partial charge in [0.25, 0.3) is 0 Å². The fraction of sp³-hybridized carbons (Fsp3) is 0.520. The molecule has 2 heterocycles. The smallest absolute Gasteiger partial charge is 0.167 e. The summed E-state index contributed by atoms with van der Waals surface area (Å²) in [5.74, 6) is 6.43. The second kappa shape index (κ2) is 10.3. The number of nitrogens with two attached hydrogens (primary N) is 2. The first-order chi connectivity index (χ1) is 17.0. The van der Waals surface area contributed by atoms with E-state index in [1.54, 1.807) is 12.3 Å². The molecule has 6 N–H and O–H groups in total. The van der Waals surface area contributed by atoms with E-state index in [1.807, 2.05) is 13.0 Å². The first-order valence-corrected chi connectivity index (χ1v) is 14.1. The largest absolute Gasteiger partial charge is 0.484 e. The third-order valence-electron chi connectivity index (χ3n) is 7.30. The SMILES string of the molecule is C=CN[C@H](/C=C(\N)N1CCN(C2CCS(=O)(=O)C2)CC1)C(=C)c1cc(OC2(C)CC2)c(F)cc1NN. The summed E-state index contributed by atoms with van der Waals surface area (Å²) in [7, 11) is -2.92. The van der Waals surface area contributed by atoms with Crippen molar-refractivity contribution < 1.29 is 17.5 Å². The molecule has 1 unspecified atom stereocenters. The van der Waals surface area contributed by atoms with Crippen LogP contribution in [-0.4, -0.2) is 73.6 Å². The Labute approximate surface area is 212 Å². The van der Waals surface area contributed by atoms with E-state index in [4.69, 9.17) is 16.3 Å². The van der Waals surface area contributed by atoms with Crippen molar-refractivity contribution in [2.24, 2.45) is 11.6 Å². The lowest BCUT2D eigenvalue weighted by Gasteiger charge is -2.39. The third-order valence-corrected chi connectivity index (χ3v) is 9.05. The van der Waals surface area contributed by atoms with Crippen LogP contribution in [0.2, 0.25) is 0 Å². The lowest BCUT2D eigenvalue weighted by Crippen LogP contribution is -2.51. The molecule has 0 radical (unpaired) electrons. The van der Waals surface area contributed by atoms with Gasteiger partial charge in [-0.15, -0.1) is 0 Å². The summed E-state index contributed by atoms with van der Waals surface area (Å²) in [5.41, 5.74) is 10.3. The molecule has 4 rings (SSSR count). The molecule has 3 fully saturated rings. The van der Waals surface area contributed by atoms with Crippen LogP contribution in [-0.2, 0) is 9.84 Å². The Balaban J connectivity index is 1.48. The van der Waals surface area contributed by atoms with E-state index in [0.717, 1.165) is 25.9 Å². The molecule has 2 aliphatic heterocycles. The third kappa shape index (κ3) is 5.96. The first kappa shape index (κ1) is 26.3. The van der Waals surface area contributed by atoms with Crippen LogP contribution in [0.1, 0.15) is 31.7 Å². The number of halogens is 1. The summed E-state index contributed by atoms with van der Waals surface area (Å²) in [6.07, 6.45) is 5.86. The predicted molar refractivity (Wildman–Crippen MR) is 141 cm³/mol. The normalized spacial score (nSPS) is 24.1. The van der Waals surface area contributed by atoms with Crippen molar-refractivity contribution in [3.05, 3.63) is 54.8 Å². The Morgan fingerprint density at radius 1 is 1.31 bits per heavy atom. The van der Waals surface area contributed by atoms with Gasteiger partial charge in [-0.25, -0.2) is 12.8 Å². The second-order valence-electron chi connectivity index (χ2n) is 10.1. The molecule has 36 heavy (non-hydrogen) atoms. The minimum absolute atomic E-state index is 0.0901. The minimum Gasteiger partial charge on any atom is -0.484 e. The van der Waals surface area contributed by atoms with Crippen LogP contribution in [0.5, 0.6) is 5.75 Å². The van der Waals surface area contributed by atoms with Crippen molar-refractivity contribution in [2.45, 2.75) is 43.9 Å². The number of hydrogen-bond acceptors (Lipinski definition) is 9. The number of nitrogens with zero attached hydrogens (tertiary/aromatic N) is 2. The Morgan fingerprint density at radius 2 is 2.00 bits per heavy atom. The average molecular weight is 521 g/mol. The van der Waals surface area contributed by atoms with Gasteiger partial charge in [0, 0.05) is 43.9 Å². The number of nitrogens with one attached hydrogen (secondary N) is 2. The lowest BCUT2D eigenvalue weighted by atomic mass is 9.97. The molecule has 9 nitrogen and oxygen atoms in total. The summed E-state index contributed by atoms with van der Waals surface area (Å²) >= 11 is 0. The first-order valence-electron chi connectivity index (χ1n) is 12.3. The highest BCUT2D eigenvalue weighted by molar-refractivity contribution is 7.91. The molecule has 1 aromatic rings. The van der Waals surface area contributed by atoms with Gasteiger partial charge in [-0.3, -0.25) is 10.7 Å². The van der Waals surface area contributed by atoms with Crippen molar-refractivity contribution in [1.82, 2.24) is 15.1 Å². The molecule has 11 heteroatoms. The highest BCUT2D eigenvalue weighted by Gasteiger charge is 2.41. The molecule has 1 saturated carbocycles. The summed E-state index contributed by atoms with van der Waals surface area (Å²) < 4.78 is 44.3. The zero-order chi connectivity index (χ0) is 26.1. The average Bonchev–Trinajstić information content (AvgIpc) is 3.46. The maximum atomic E-state index is 14.7. The van der Waals surface area contributed by atoms with Gasteiger partial charge in [-0.05, 0) is 50.1 Å². The Kier molecular flexibility index (Phi) is 7.53. The van der Waals surface area contributed by atoms with Crippen LogP contribution in [0, 0.1) is 5.82 Å². The molecule has 2 atom stereocenters. The van der Waals surface area contributed by atoms with E-state index in [9.17, 15) is 12.8 Å². The van der Waals surface area contributed by atoms with Crippen molar-refractivity contribution in [1.29, 1.82) is 0 Å². The van der Waals surface area contributed by atoms with Gasteiger partial charge in [-0.1, -0.05) is 13.2 Å². The van der Waals surface area contributed by atoms with Gasteiger partial charge in [0.1, 0.15) is 5.60 Å². The number of ether oxygens (including phenoxy) is 1. The van der Waals surface area contributed by atoms with Gasteiger partial charge in [0.15, 0.2) is 21.4 Å². The van der Waals surface area contributed by atoms with Crippen molar-refractivity contribution >= 4 is 21.1 Å². The fourth-order valence-electron chi connectivity index (χ4n) is 4.79. The number of rotatable bonds is 10.